The minimum absolute atomic E-state index is 0.298. The van der Waals surface area contributed by atoms with Crippen LogP contribution in [-0.2, 0) is 4.74 Å². The van der Waals surface area contributed by atoms with Crippen LogP contribution in [0.3, 0.4) is 0 Å². The maximum absolute atomic E-state index is 6.00. The number of guanidine groups is 1. The Bertz CT molecular complexity index is 317. The van der Waals surface area contributed by atoms with Crippen LogP contribution >= 0.6 is 0 Å². The van der Waals surface area contributed by atoms with E-state index in [4.69, 9.17) is 10.5 Å². The normalized spacial score (nSPS) is 34.8. The Morgan fingerprint density at radius 2 is 2.06 bits per heavy atom. The van der Waals surface area contributed by atoms with Crippen molar-refractivity contribution in [3.05, 3.63) is 0 Å². The van der Waals surface area contributed by atoms with Crippen LogP contribution in [0.15, 0.2) is 4.99 Å². The lowest BCUT2D eigenvalue weighted by molar-refractivity contribution is 0.0869. The highest BCUT2D eigenvalue weighted by Crippen LogP contribution is 2.53. The fourth-order valence-electron chi connectivity index (χ4n) is 3.81. The molecule has 1 spiro atoms. The van der Waals surface area contributed by atoms with Gasteiger partial charge in [-0.15, -0.1) is 0 Å². The molecule has 0 bridgehead atoms. The Morgan fingerprint density at radius 1 is 1.22 bits per heavy atom. The Balaban J connectivity index is 1.48. The van der Waals surface area contributed by atoms with Gasteiger partial charge in [0.05, 0.1) is 12.6 Å². The molecule has 3 fully saturated rings. The second kappa shape index (κ2) is 5.08. The van der Waals surface area contributed by atoms with Gasteiger partial charge in [-0.1, -0.05) is 12.8 Å². The first-order valence-electron chi connectivity index (χ1n) is 7.47. The highest BCUT2D eigenvalue weighted by molar-refractivity contribution is 5.78. The molecule has 1 saturated heterocycles. The molecule has 0 amide bonds. The van der Waals surface area contributed by atoms with E-state index in [2.05, 4.69) is 10.3 Å². The van der Waals surface area contributed by atoms with Gasteiger partial charge in [-0.25, -0.2) is 0 Å². The van der Waals surface area contributed by atoms with Crippen LogP contribution < -0.4 is 11.1 Å². The molecular weight excluding hydrogens is 226 g/mol. The van der Waals surface area contributed by atoms with E-state index in [1.165, 1.54) is 44.9 Å². The molecule has 1 heterocycles. The lowest BCUT2D eigenvalue weighted by atomic mass is 9.63. The summed E-state index contributed by atoms with van der Waals surface area (Å²) in [6.45, 7) is 1.61. The zero-order chi connectivity index (χ0) is 12.4. The molecule has 1 aliphatic heterocycles. The molecule has 102 valence electrons. The number of hydrogen-bond donors (Lipinski definition) is 2. The minimum Gasteiger partial charge on any atom is -0.376 e. The van der Waals surface area contributed by atoms with Crippen LogP contribution in [0.25, 0.3) is 0 Å². The summed E-state index contributed by atoms with van der Waals surface area (Å²) >= 11 is 0. The van der Waals surface area contributed by atoms with Crippen molar-refractivity contribution in [1.29, 1.82) is 0 Å². The zero-order valence-electron chi connectivity index (χ0n) is 11.2. The molecule has 3 N–H and O–H groups in total. The van der Waals surface area contributed by atoms with Gasteiger partial charge in [0.15, 0.2) is 5.96 Å². The van der Waals surface area contributed by atoms with Crippen molar-refractivity contribution < 1.29 is 4.74 Å². The third kappa shape index (κ3) is 2.35. The third-order valence-electron chi connectivity index (χ3n) is 5.08. The maximum Gasteiger partial charge on any atom is 0.188 e. The van der Waals surface area contributed by atoms with E-state index in [-0.39, 0.29) is 0 Å². The summed E-state index contributed by atoms with van der Waals surface area (Å²) in [5.41, 5.74) is 6.56. The summed E-state index contributed by atoms with van der Waals surface area (Å²) in [6.07, 6.45) is 10.8. The summed E-state index contributed by atoms with van der Waals surface area (Å²) in [5, 5.41) is 3.45. The highest BCUT2D eigenvalue weighted by Gasteiger charge is 2.48. The van der Waals surface area contributed by atoms with Crippen molar-refractivity contribution in [1.82, 2.24) is 5.32 Å². The van der Waals surface area contributed by atoms with E-state index in [0.29, 0.717) is 23.5 Å². The molecule has 4 nitrogen and oxygen atoms in total. The number of rotatable bonds is 3. The van der Waals surface area contributed by atoms with Crippen LogP contribution in [0.2, 0.25) is 0 Å². The van der Waals surface area contributed by atoms with Gasteiger partial charge in [0.1, 0.15) is 0 Å². The monoisotopic (exact) mass is 251 g/mol. The van der Waals surface area contributed by atoms with Crippen molar-refractivity contribution in [3.63, 3.8) is 0 Å². The fraction of sp³-hybridized carbons (Fsp3) is 0.929. The third-order valence-corrected chi connectivity index (χ3v) is 5.08. The molecule has 0 aromatic rings. The Hall–Kier alpha value is -0.770. The Kier molecular flexibility index (Phi) is 3.46. The van der Waals surface area contributed by atoms with E-state index in [1.807, 2.05) is 0 Å². The van der Waals surface area contributed by atoms with Crippen molar-refractivity contribution in [2.24, 2.45) is 16.1 Å². The summed E-state index contributed by atoms with van der Waals surface area (Å²) in [4.78, 5) is 4.44. The van der Waals surface area contributed by atoms with Gasteiger partial charge < -0.3 is 15.8 Å². The quantitative estimate of drug-likeness (QED) is 0.594. The average molecular weight is 251 g/mol. The molecule has 0 aromatic carbocycles. The largest absolute Gasteiger partial charge is 0.376 e. The van der Waals surface area contributed by atoms with Gasteiger partial charge in [-0.05, 0) is 43.9 Å². The van der Waals surface area contributed by atoms with Gasteiger partial charge >= 0.3 is 0 Å². The first-order valence-corrected chi connectivity index (χ1v) is 7.47. The molecule has 2 aliphatic carbocycles. The predicted octanol–water partition coefficient (Wildman–Crippen LogP) is 1.79. The summed E-state index contributed by atoms with van der Waals surface area (Å²) < 4.78 is 5.55. The molecule has 0 radical (unpaired) electrons. The first kappa shape index (κ1) is 12.3. The molecule has 4 heteroatoms. The number of aliphatic imine (C=N–C) groups is 1. The summed E-state index contributed by atoms with van der Waals surface area (Å²) in [7, 11) is 0. The van der Waals surface area contributed by atoms with E-state index >= 15 is 0 Å². The van der Waals surface area contributed by atoms with Crippen LogP contribution in [0.1, 0.15) is 51.4 Å². The van der Waals surface area contributed by atoms with Crippen molar-refractivity contribution >= 4 is 5.96 Å². The minimum atomic E-state index is 0.298. The topological polar surface area (TPSA) is 59.6 Å². The number of nitrogens with one attached hydrogen (secondary N) is 1. The van der Waals surface area contributed by atoms with E-state index in [1.54, 1.807) is 0 Å². The number of ether oxygens (including phenoxy) is 1. The fourth-order valence-corrected chi connectivity index (χ4v) is 3.81. The number of hydrogen-bond acceptors (Lipinski definition) is 2. The molecule has 0 aromatic heterocycles. The van der Waals surface area contributed by atoms with Gasteiger partial charge in [-0.2, -0.15) is 0 Å². The number of nitrogens with two attached hydrogens (primary N) is 1. The second-order valence-corrected chi connectivity index (χ2v) is 6.17. The molecule has 3 rings (SSSR count). The van der Waals surface area contributed by atoms with Crippen molar-refractivity contribution in [3.8, 4) is 0 Å². The standard InChI is InChI=1S/C14H25N3O/c15-13(16-10-11-4-3-9-18-11)17-12-5-8-14(12)6-1-2-7-14/h11-12H,1-10H2,(H3,15,16,17). The zero-order valence-corrected chi connectivity index (χ0v) is 11.2. The maximum atomic E-state index is 6.00. The summed E-state index contributed by atoms with van der Waals surface area (Å²) in [5.74, 6) is 0.626. The Labute approximate surface area is 109 Å². The first-order chi connectivity index (χ1) is 8.78. The lowest BCUT2D eigenvalue weighted by Crippen LogP contribution is -2.55. The second-order valence-electron chi connectivity index (χ2n) is 6.17. The van der Waals surface area contributed by atoms with Crippen LogP contribution in [0.5, 0.6) is 0 Å². The highest BCUT2D eigenvalue weighted by atomic mass is 16.5. The number of nitrogens with zero attached hydrogens (tertiary/aromatic N) is 1. The molecule has 3 aliphatic rings. The summed E-state index contributed by atoms with van der Waals surface area (Å²) in [6, 6.07) is 0.577. The SMILES string of the molecule is NC(=NCC1CCCO1)NC1CCC12CCCC2. The Morgan fingerprint density at radius 3 is 2.67 bits per heavy atom. The molecule has 2 atom stereocenters. The lowest BCUT2D eigenvalue weighted by Gasteiger charge is -2.47. The van der Waals surface area contributed by atoms with E-state index in [0.717, 1.165) is 19.6 Å². The van der Waals surface area contributed by atoms with Gasteiger partial charge in [0.2, 0.25) is 0 Å². The van der Waals surface area contributed by atoms with E-state index < -0.39 is 0 Å². The van der Waals surface area contributed by atoms with Crippen LogP contribution in [0.4, 0.5) is 0 Å². The predicted molar refractivity (Wildman–Crippen MR) is 72.5 cm³/mol. The smallest absolute Gasteiger partial charge is 0.188 e. The molecule has 2 unspecified atom stereocenters. The van der Waals surface area contributed by atoms with Crippen molar-refractivity contribution in [2.75, 3.05) is 13.2 Å². The van der Waals surface area contributed by atoms with E-state index in [9.17, 15) is 0 Å². The molecule has 2 saturated carbocycles. The van der Waals surface area contributed by atoms with Crippen LogP contribution in [-0.4, -0.2) is 31.3 Å². The van der Waals surface area contributed by atoms with Crippen molar-refractivity contribution in [2.45, 2.75) is 63.5 Å². The molecular formula is C14H25N3O. The van der Waals surface area contributed by atoms with Gasteiger partial charge in [-0.3, -0.25) is 4.99 Å². The average Bonchev–Trinajstić information content (AvgIpc) is 3.03. The van der Waals surface area contributed by atoms with Gasteiger partial charge in [0, 0.05) is 12.6 Å². The molecule has 18 heavy (non-hydrogen) atoms. The van der Waals surface area contributed by atoms with Gasteiger partial charge in [0.25, 0.3) is 0 Å². The van der Waals surface area contributed by atoms with Crippen LogP contribution in [0, 0.1) is 5.41 Å².